The molecule has 13 heavy (non-hydrogen) atoms. The van der Waals surface area contributed by atoms with Crippen LogP contribution in [0.2, 0.25) is 0 Å². The SMILES string of the molecule is CCCn1nc(C)cc(CN)c1=O. The molecule has 0 aliphatic heterocycles. The third kappa shape index (κ3) is 2.15. The lowest BCUT2D eigenvalue weighted by atomic mass is 10.2. The zero-order valence-corrected chi connectivity index (χ0v) is 8.08. The first-order chi connectivity index (χ1) is 6.19. The largest absolute Gasteiger partial charge is 0.326 e. The van der Waals surface area contributed by atoms with Gasteiger partial charge in [-0.25, -0.2) is 4.68 Å². The van der Waals surface area contributed by atoms with Crippen molar-refractivity contribution in [1.29, 1.82) is 0 Å². The van der Waals surface area contributed by atoms with Gasteiger partial charge in [-0.1, -0.05) is 6.92 Å². The monoisotopic (exact) mass is 181 g/mol. The molecule has 1 aromatic heterocycles. The molecule has 0 bridgehead atoms. The number of rotatable bonds is 3. The summed E-state index contributed by atoms with van der Waals surface area (Å²) in [5.41, 5.74) is 6.86. The fourth-order valence-corrected chi connectivity index (χ4v) is 1.25. The van der Waals surface area contributed by atoms with Crippen LogP contribution in [0.3, 0.4) is 0 Å². The highest BCUT2D eigenvalue weighted by molar-refractivity contribution is 5.11. The highest BCUT2D eigenvalue weighted by Crippen LogP contribution is 1.94. The van der Waals surface area contributed by atoms with E-state index in [9.17, 15) is 4.79 Å². The Hall–Kier alpha value is -1.16. The van der Waals surface area contributed by atoms with Crippen LogP contribution in [0.4, 0.5) is 0 Å². The van der Waals surface area contributed by atoms with Gasteiger partial charge < -0.3 is 5.73 Å². The summed E-state index contributed by atoms with van der Waals surface area (Å²) in [6.45, 7) is 4.82. The van der Waals surface area contributed by atoms with Gasteiger partial charge in [-0.15, -0.1) is 0 Å². The molecule has 0 atom stereocenters. The average Bonchev–Trinajstić information content (AvgIpc) is 2.11. The molecule has 0 aliphatic carbocycles. The molecule has 72 valence electrons. The zero-order chi connectivity index (χ0) is 9.84. The Kier molecular flexibility index (Phi) is 3.19. The van der Waals surface area contributed by atoms with Crippen LogP contribution in [0.1, 0.15) is 24.6 Å². The molecule has 2 N–H and O–H groups in total. The number of aryl methyl sites for hydroxylation is 2. The predicted molar refractivity (Wildman–Crippen MR) is 51.4 cm³/mol. The Balaban J connectivity index is 3.19. The molecule has 0 saturated carbocycles. The fourth-order valence-electron chi connectivity index (χ4n) is 1.25. The van der Waals surface area contributed by atoms with Gasteiger partial charge >= 0.3 is 0 Å². The minimum atomic E-state index is -0.0602. The standard InChI is InChI=1S/C9H15N3O/c1-3-4-12-9(13)8(6-10)5-7(2)11-12/h5H,3-4,6,10H2,1-2H3. The number of nitrogens with two attached hydrogens (primary N) is 1. The van der Waals surface area contributed by atoms with Crippen LogP contribution in [0.5, 0.6) is 0 Å². The first kappa shape index (κ1) is 9.92. The lowest BCUT2D eigenvalue weighted by molar-refractivity contribution is 0.554. The summed E-state index contributed by atoms with van der Waals surface area (Å²) in [4.78, 5) is 11.6. The average molecular weight is 181 g/mol. The molecular weight excluding hydrogens is 166 g/mol. The molecule has 0 aliphatic rings. The smallest absolute Gasteiger partial charge is 0.271 e. The van der Waals surface area contributed by atoms with E-state index in [1.165, 1.54) is 4.68 Å². The van der Waals surface area contributed by atoms with Crippen molar-refractivity contribution in [1.82, 2.24) is 9.78 Å². The Labute approximate surface area is 77.4 Å². The third-order valence-corrected chi connectivity index (χ3v) is 1.83. The van der Waals surface area contributed by atoms with Crippen molar-refractivity contribution in [3.63, 3.8) is 0 Å². The molecule has 1 rings (SSSR count). The minimum absolute atomic E-state index is 0.0602. The van der Waals surface area contributed by atoms with Crippen LogP contribution < -0.4 is 11.3 Å². The maximum Gasteiger partial charge on any atom is 0.271 e. The highest BCUT2D eigenvalue weighted by atomic mass is 16.1. The van der Waals surface area contributed by atoms with E-state index in [-0.39, 0.29) is 12.1 Å². The maximum atomic E-state index is 11.6. The van der Waals surface area contributed by atoms with Gasteiger partial charge in [-0.05, 0) is 19.4 Å². The Morgan fingerprint density at radius 2 is 2.31 bits per heavy atom. The summed E-state index contributed by atoms with van der Waals surface area (Å²) in [5.74, 6) is 0. The van der Waals surface area contributed by atoms with Gasteiger partial charge in [-0.2, -0.15) is 5.10 Å². The quantitative estimate of drug-likeness (QED) is 0.735. The van der Waals surface area contributed by atoms with Crippen molar-refractivity contribution in [2.75, 3.05) is 0 Å². The summed E-state index contributed by atoms with van der Waals surface area (Å²) in [6, 6.07) is 1.74. The summed E-state index contributed by atoms with van der Waals surface area (Å²) in [5, 5.41) is 4.12. The number of nitrogens with zero attached hydrogens (tertiary/aromatic N) is 2. The van der Waals surface area contributed by atoms with E-state index < -0.39 is 0 Å². The Morgan fingerprint density at radius 1 is 1.62 bits per heavy atom. The molecule has 0 aromatic carbocycles. The molecule has 1 aromatic rings. The van der Waals surface area contributed by atoms with E-state index in [1.54, 1.807) is 6.07 Å². The molecule has 0 radical (unpaired) electrons. The van der Waals surface area contributed by atoms with Crippen LogP contribution in [0.25, 0.3) is 0 Å². The van der Waals surface area contributed by atoms with Gasteiger partial charge in [0.2, 0.25) is 0 Å². The van der Waals surface area contributed by atoms with Gasteiger partial charge in [0, 0.05) is 18.7 Å². The third-order valence-electron chi connectivity index (χ3n) is 1.83. The van der Waals surface area contributed by atoms with Crippen LogP contribution in [0, 0.1) is 6.92 Å². The molecule has 4 nitrogen and oxygen atoms in total. The molecule has 0 saturated heterocycles. The fraction of sp³-hybridized carbons (Fsp3) is 0.556. The molecular formula is C9H15N3O. The van der Waals surface area contributed by atoms with E-state index in [1.807, 2.05) is 13.8 Å². The normalized spacial score (nSPS) is 10.4. The first-order valence-corrected chi connectivity index (χ1v) is 4.46. The second-order valence-corrected chi connectivity index (χ2v) is 3.04. The summed E-state index contributed by atoms with van der Waals surface area (Å²) < 4.78 is 1.48. The van der Waals surface area contributed by atoms with Crippen molar-refractivity contribution >= 4 is 0 Å². The summed E-state index contributed by atoms with van der Waals surface area (Å²) >= 11 is 0. The van der Waals surface area contributed by atoms with E-state index in [0.29, 0.717) is 12.1 Å². The topological polar surface area (TPSA) is 60.9 Å². The maximum absolute atomic E-state index is 11.6. The van der Waals surface area contributed by atoms with E-state index >= 15 is 0 Å². The molecule has 0 spiro atoms. The highest BCUT2D eigenvalue weighted by Gasteiger charge is 2.03. The number of hydrogen-bond acceptors (Lipinski definition) is 3. The minimum Gasteiger partial charge on any atom is -0.326 e. The Morgan fingerprint density at radius 3 is 2.85 bits per heavy atom. The van der Waals surface area contributed by atoms with Gasteiger partial charge in [0.05, 0.1) is 5.69 Å². The van der Waals surface area contributed by atoms with Gasteiger partial charge in [0.1, 0.15) is 0 Å². The molecule has 0 fully saturated rings. The van der Waals surface area contributed by atoms with Crippen LogP contribution in [-0.2, 0) is 13.1 Å². The second-order valence-electron chi connectivity index (χ2n) is 3.04. The predicted octanol–water partition coefficient (Wildman–Crippen LogP) is 0.420. The van der Waals surface area contributed by atoms with E-state index in [0.717, 1.165) is 12.1 Å². The van der Waals surface area contributed by atoms with Crippen molar-refractivity contribution in [2.45, 2.75) is 33.4 Å². The number of hydrogen-bond donors (Lipinski definition) is 1. The Bertz CT molecular complexity index is 343. The summed E-state index contributed by atoms with van der Waals surface area (Å²) in [6.07, 6.45) is 0.903. The first-order valence-electron chi connectivity index (χ1n) is 4.46. The molecule has 0 amide bonds. The molecule has 4 heteroatoms. The van der Waals surface area contributed by atoms with Gasteiger partial charge in [-0.3, -0.25) is 4.79 Å². The molecule has 1 heterocycles. The van der Waals surface area contributed by atoms with Crippen LogP contribution >= 0.6 is 0 Å². The van der Waals surface area contributed by atoms with E-state index in [4.69, 9.17) is 5.73 Å². The lowest BCUT2D eigenvalue weighted by Gasteiger charge is -2.05. The van der Waals surface area contributed by atoms with Crippen LogP contribution in [0.15, 0.2) is 10.9 Å². The summed E-state index contributed by atoms with van der Waals surface area (Å²) in [7, 11) is 0. The van der Waals surface area contributed by atoms with Crippen molar-refractivity contribution in [3.8, 4) is 0 Å². The van der Waals surface area contributed by atoms with Crippen molar-refractivity contribution < 1.29 is 0 Å². The van der Waals surface area contributed by atoms with Gasteiger partial charge in [0.15, 0.2) is 0 Å². The number of aromatic nitrogens is 2. The molecule has 0 unspecified atom stereocenters. The van der Waals surface area contributed by atoms with Gasteiger partial charge in [0.25, 0.3) is 5.56 Å². The second kappa shape index (κ2) is 4.18. The zero-order valence-electron chi connectivity index (χ0n) is 8.08. The van der Waals surface area contributed by atoms with Crippen molar-refractivity contribution in [2.24, 2.45) is 5.73 Å². The lowest BCUT2D eigenvalue weighted by Crippen LogP contribution is -2.28. The van der Waals surface area contributed by atoms with Crippen LogP contribution in [-0.4, -0.2) is 9.78 Å². The van der Waals surface area contributed by atoms with E-state index in [2.05, 4.69) is 5.10 Å². The van der Waals surface area contributed by atoms with Crippen molar-refractivity contribution in [3.05, 3.63) is 27.7 Å².